The third kappa shape index (κ3) is 4.45. The Labute approximate surface area is 202 Å². The number of aromatic hydroxyl groups is 1. The molecule has 2 heterocycles. The van der Waals surface area contributed by atoms with Crippen molar-refractivity contribution in [1.82, 2.24) is 10.2 Å². The van der Waals surface area contributed by atoms with E-state index >= 15 is 0 Å². The van der Waals surface area contributed by atoms with Gasteiger partial charge in [-0.1, -0.05) is 50.2 Å². The molecule has 0 saturated heterocycles. The molecular weight excluding hydrogens is 444 g/mol. The summed E-state index contributed by atoms with van der Waals surface area (Å²) in [7, 11) is 0. The predicted molar refractivity (Wildman–Crippen MR) is 137 cm³/mol. The molecule has 0 radical (unpaired) electrons. The van der Waals surface area contributed by atoms with Crippen LogP contribution in [0.1, 0.15) is 42.7 Å². The van der Waals surface area contributed by atoms with Crippen molar-refractivity contribution in [3.05, 3.63) is 89.6 Å². The van der Waals surface area contributed by atoms with E-state index < -0.39 is 0 Å². The number of thiophene rings is 1. The first kappa shape index (κ1) is 21.9. The second-order valence-corrected chi connectivity index (χ2v) is 9.40. The molecule has 0 spiro atoms. The molecule has 0 fully saturated rings. The van der Waals surface area contributed by atoms with Crippen LogP contribution in [-0.4, -0.2) is 15.3 Å². The molecule has 0 aliphatic carbocycles. The van der Waals surface area contributed by atoms with E-state index in [4.69, 9.17) is 9.15 Å². The SMILES string of the molecule is Cc1nnc(C=Cc2ccc(Oc3c(-c4ccccc4C(C)C)sc4cc(O)ccc34)cc2)o1. The number of phenolic OH excluding ortho intramolecular Hbond substituents is 1. The van der Waals surface area contributed by atoms with Gasteiger partial charge in [0, 0.05) is 23.1 Å². The van der Waals surface area contributed by atoms with Crippen molar-refractivity contribution in [2.45, 2.75) is 26.7 Å². The van der Waals surface area contributed by atoms with Crippen molar-refractivity contribution in [3.8, 4) is 27.7 Å². The van der Waals surface area contributed by atoms with Crippen molar-refractivity contribution in [1.29, 1.82) is 0 Å². The van der Waals surface area contributed by atoms with Crippen LogP contribution >= 0.6 is 11.3 Å². The Morgan fingerprint density at radius 3 is 2.50 bits per heavy atom. The molecule has 0 aliphatic rings. The second-order valence-electron chi connectivity index (χ2n) is 8.35. The van der Waals surface area contributed by atoms with Crippen LogP contribution in [0.3, 0.4) is 0 Å². The smallest absolute Gasteiger partial charge is 0.240 e. The quantitative estimate of drug-likeness (QED) is 0.273. The fourth-order valence-corrected chi connectivity index (χ4v) is 5.07. The lowest BCUT2D eigenvalue weighted by atomic mass is 9.96. The van der Waals surface area contributed by atoms with E-state index in [0.29, 0.717) is 17.7 Å². The third-order valence-electron chi connectivity index (χ3n) is 5.52. The number of phenols is 1. The maximum atomic E-state index is 10.0. The van der Waals surface area contributed by atoms with Crippen molar-refractivity contribution >= 4 is 33.6 Å². The lowest BCUT2D eigenvalue weighted by Gasteiger charge is -2.14. The van der Waals surface area contributed by atoms with Crippen LogP contribution in [0.15, 0.2) is 71.1 Å². The van der Waals surface area contributed by atoms with Crippen molar-refractivity contribution in [3.63, 3.8) is 0 Å². The molecule has 6 heteroatoms. The number of benzene rings is 3. The Balaban J connectivity index is 1.51. The minimum atomic E-state index is 0.247. The molecule has 0 aliphatic heterocycles. The van der Waals surface area contributed by atoms with Gasteiger partial charge in [0.15, 0.2) is 5.75 Å². The molecule has 5 aromatic rings. The molecule has 1 N–H and O–H groups in total. The Kier molecular flexibility index (Phi) is 5.90. The number of nitrogens with zero attached hydrogens (tertiary/aromatic N) is 2. The molecular formula is C28H24N2O3S. The van der Waals surface area contributed by atoms with E-state index in [1.54, 1.807) is 36.5 Å². The van der Waals surface area contributed by atoms with Gasteiger partial charge in [0.1, 0.15) is 11.5 Å². The van der Waals surface area contributed by atoms with Crippen molar-refractivity contribution in [2.75, 3.05) is 0 Å². The molecule has 5 rings (SSSR count). The fourth-order valence-electron chi connectivity index (χ4n) is 3.86. The van der Waals surface area contributed by atoms with E-state index in [9.17, 15) is 5.11 Å². The fraction of sp³-hybridized carbons (Fsp3) is 0.143. The zero-order chi connectivity index (χ0) is 23.7. The van der Waals surface area contributed by atoms with Crippen LogP contribution < -0.4 is 4.74 Å². The summed E-state index contributed by atoms with van der Waals surface area (Å²) >= 11 is 1.63. The zero-order valence-corrected chi connectivity index (χ0v) is 20.0. The highest BCUT2D eigenvalue weighted by Crippen LogP contribution is 2.48. The second kappa shape index (κ2) is 9.15. The summed E-state index contributed by atoms with van der Waals surface area (Å²) in [6, 6.07) is 21.7. The van der Waals surface area contributed by atoms with E-state index in [0.717, 1.165) is 37.6 Å². The van der Waals surface area contributed by atoms with Gasteiger partial charge in [-0.15, -0.1) is 21.5 Å². The van der Waals surface area contributed by atoms with E-state index in [1.807, 2.05) is 36.4 Å². The van der Waals surface area contributed by atoms with Crippen LogP contribution in [0, 0.1) is 6.92 Å². The molecule has 2 aromatic heterocycles. The highest BCUT2D eigenvalue weighted by atomic mass is 32.1. The summed E-state index contributed by atoms with van der Waals surface area (Å²) in [6.07, 6.45) is 3.71. The highest BCUT2D eigenvalue weighted by Gasteiger charge is 2.20. The van der Waals surface area contributed by atoms with Gasteiger partial charge in [0.25, 0.3) is 0 Å². The van der Waals surface area contributed by atoms with Gasteiger partial charge in [-0.25, -0.2) is 0 Å². The maximum absolute atomic E-state index is 10.0. The normalized spacial score (nSPS) is 11.6. The van der Waals surface area contributed by atoms with Gasteiger partial charge in [-0.05, 0) is 59.0 Å². The number of rotatable bonds is 6. The first-order valence-corrected chi connectivity index (χ1v) is 11.9. The molecule has 5 nitrogen and oxygen atoms in total. The van der Waals surface area contributed by atoms with E-state index in [2.05, 4.69) is 48.3 Å². The summed E-state index contributed by atoms with van der Waals surface area (Å²) in [6.45, 7) is 6.15. The van der Waals surface area contributed by atoms with Gasteiger partial charge in [0.2, 0.25) is 11.8 Å². The molecule has 34 heavy (non-hydrogen) atoms. The van der Waals surface area contributed by atoms with E-state index in [1.165, 1.54) is 5.56 Å². The molecule has 0 saturated carbocycles. The van der Waals surface area contributed by atoms with E-state index in [-0.39, 0.29) is 5.75 Å². The Bertz CT molecular complexity index is 1480. The average molecular weight is 469 g/mol. The first-order valence-electron chi connectivity index (χ1n) is 11.1. The van der Waals surface area contributed by atoms with Crippen molar-refractivity contribution < 1.29 is 14.3 Å². The Morgan fingerprint density at radius 2 is 1.76 bits per heavy atom. The summed E-state index contributed by atoms with van der Waals surface area (Å²) in [5.74, 6) is 3.17. The number of aryl methyl sites for hydroxylation is 1. The number of hydrogen-bond donors (Lipinski definition) is 1. The molecule has 0 unspecified atom stereocenters. The van der Waals surface area contributed by atoms with Gasteiger partial charge < -0.3 is 14.3 Å². The topological polar surface area (TPSA) is 68.4 Å². The lowest BCUT2D eigenvalue weighted by molar-refractivity contribution is 0.476. The minimum absolute atomic E-state index is 0.247. The number of aromatic nitrogens is 2. The Hall–Kier alpha value is -3.90. The highest BCUT2D eigenvalue weighted by molar-refractivity contribution is 7.22. The monoisotopic (exact) mass is 468 g/mol. The molecule has 170 valence electrons. The maximum Gasteiger partial charge on any atom is 0.240 e. The minimum Gasteiger partial charge on any atom is -0.508 e. The molecule has 0 bridgehead atoms. The summed E-state index contributed by atoms with van der Waals surface area (Å²) < 4.78 is 12.8. The van der Waals surface area contributed by atoms with Crippen molar-refractivity contribution in [2.24, 2.45) is 0 Å². The standard InChI is InChI=1S/C28H24N2O3S/c1-17(2)22-6-4-5-7-23(22)28-27(24-14-11-20(31)16-25(24)34-28)33-21-12-8-19(9-13-21)10-15-26-30-29-18(3)32-26/h4-17,31H,1-3H3. The summed E-state index contributed by atoms with van der Waals surface area (Å²) in [5, 5.41) is 18.8. The van der Waals surface area contributed by atoms with Gasteiger partial charge >= 0.3 is 0 Å². The number of fused-ring (bicyclic) bond motifs is 1. The van der Waals surface area contributed by atoms with Crippen LogP contribution in [0.5, 0.6) is 17.2 Å². The van der Waals surface area contributed by atoms with Gasteiger partial charge in [-0.2, -0.15) is 0 Å². The Morgan fingerprint density at radius 1 is 0.971 bits per heavy atom. The predicted octanol–water partition coefficient (Wildman–Crippen LogP) is 8.05. The zero-order valence-electron chi connectivity index (χ0n) is 19.1. The van der Waals surface area contributed by atoms with Crippen LogP contribution in [-0.2, 0) is 0 Å². The van der Waals surface area contributed by atoms with Crippen LogP contribution in [0.2, 0.25) is 0 Å². The summed E-state index contributed by atoms with van der Waals surface area (Å²) in [4.78, 5) is 1.06. The summed E-state index contributed by atoms with van der Waals surface area (Å²) in [5.41, 5.74) is 3.41. The molecule has 3 aromatic carbocycles. The van der Waals surface area contributed by atoms with Gasteiger partial charge in [0.05, 0.1) is 4.88 Å². The lowest BCUT2D eigenvalue weighted by Crippen LogP contribution is -1.92. The first-order chi connectivity index (χ1) is 16.5. The number of ether oxygens (including phenoxy) is 1. The van der Waals surface area contributed by atoms with Crippen LogP contribution in [0.4, 0.5) is 0 Å². The molecule has 0 atom stereocenters. The molecule has 0 amide bonds. The van der Waals surface area contributed by atoms with Crippen LogP contribution in [0.25, 0.3) is 32.7 Å². The third-order valence-corrected chi connectivity index (χ3v) is 6.68. The average Bonchev–Trinajstić information content (AvgIpc) is 3.41. The number of hydrogen-bond acceptors (Lipinski definition) is 6. The van der Waals surface area contributed by atoms with Gasteiger partial charge in [-0.3, -0.25) is 0 Å². The largest absolute Gasteiger partial charge is 0.508 e.